The second-order valence-electron chi connectivity index (χ2n) is 9.97. The lowest BCUT2D eigenvalue weighted by Gasteiger charge is -2.29. The van der Waals surface area contributed by atoms with Gasteiger partial charge in [-0.3, -0.25) is 10.1 Å². The highest BCUT2D eigenvalue weighted by Crippen LogP contribution is 2.40. The van der Waals surface area contributed by atoms with E-state index in [-0.39, 0.29) is 59.5 Å². The van der Waals surface area contributed by atoms with E-state index in [2.05, 4.69) is 5.32 Å². The molecule has 228 valence electrons. The molecule has 0 fully saturated rings. The summed E-state index contributed by atoms with van der Waals surface area (Å²) in [6, 6.07) is 13.6. The van der Waals surface area contributed by atoms with Crippen molar-refractivity contribution in [3.8, 4) is 17.6 Å². The number of carbonyl (C=O) groups excluding carboxylic acids is 2. The predicted molar refractivity (Wildman–Crippen MR) is 154 cm³/mol. The number of allylic oxidation sites excluding steroid dienone is 2. The lowest BCUT2D eigenvalue weighted by Crippen LogP contribution is -2.42. The summed E-state index contributed by atoms with van der Waals surface area (Å²) in [5, 5.41) is 34.2. The fraction of sp³-hybridized carbons (Fsp3) is 0.367. The first-order chi connectivity index (χ1) is 20.5. The van der Waals surface area contributed by atoms with Crippen molar-refractivity contribution >= 4 is 17.6 Å². The number of dihydropyridines is 1. The number of nitrogens with two attached hydrogens (primary N) is 1. The molecule has 1 aliphatic heterocycles. The molecule has 4 N–H and O–H groups in total. The molecule has 13 heteroatoms. The van der Waals surface area contributed by atoms with Crippen LogP contribution in [0.1, 0.15) is 32.3 Å². The minimum atomic E-state index is -1.19. The van der Waals surface area contributed by atoms with Crippen LogP contribution in [0.5, 0.6) is 11.5 Å². The lowest BCUT2D eigenvalue weighted by molar-refractivity contribution is -0.384. The number of nitro benzene ring substituents is 1. The summed E-state index contributed by atoms with van der Waals surface area (Å²) < 4.78 is 21.8. The standard InChI is InChI=1S/C30H34N4O9/c1-17(2)28(32)22(35)16-43-24-11-6-5-10-23(24)41-12-13-42-30(37)25-18(3)33-21(15-31)27(29(36)40-4)26(25)19-8-7-9-20(14-19)34(38)39/h5-11,14,17,22,26,28,33,35H,12-13,16,32H2,1-4H3. The van der Waals surface area contributed by atoms with Crippen LogP contribution in [0.3, 0.4) is 0 Å². The van der Waals surface area contributed by atoms with Crippen molar-refractivity contribution in [3.63, 3.8) is 0 Å². The number of aliphatic hydroxyl groups excluding tert-OH is 1. The molecule has 0 bridgehead atoms. The van der Waals surface area contributed by atoms with Crippen LogP contribution in [0.25, 0.3) is 0 Å². The molecule has 3 atom stereocenters. The average molecular weight is 595 g/mol. The number of carbonyl (C=O) groups is 2. The van der Waals surface area contributed by atoms with Crippen LogP contribution in [-0.4, -0.2) is 61.0 Å². The fourth-order valence-electron chi connectivity index (χ4n) is 4.45. The Morgan fingerprint density at radius 3 is 2.37 bits per heavy atom. The van der Waals surface area contributed by atoms with Crippen molar-refractivity contribution < 1.29 is 38.6 Å². The molecule has 0 spiro atoms. The summed E-state index contributed by atoms with van der Waals surface area (Å²) in [5.41, 5.74) is 5.79. The first-order valence-electron chi connectivity index (χ1n) is 13.4. The van der Waals surface area contributed by atoms with Crippen LogP contribution in [0.4, 0.5) is 5.69 Å². The predicted octanol–water partition coefficient (Wildman–Crippen LogP) is 2.85. The van der Waals surface area contributed by atoms with Gasteiger partial charge in [-0.1, -0.05) is 38.1 Å². The molecule has 0 aliphatic carbocycles. The van der Waals surface area contributed by atoms with Gasteiger partial charge < -0.3 is 35.1 Å². The van der Waals surface area contributed by atoms with Crippen LogP contribution in [-0.2, 0) is 19.1 Å². The largest absolute Gasteiger partial charge is 0.487 e. The van der Waals surface area contributed by atoms with Gasteiger partial charge in [0.1, 0.15) is 37.7 Å². The molecule has 1 heterocycles. The average Bonchev–Trinajstić information content (AvgIpc) is 3.00. The number of nitrogens with one attached hydrogen (secondary N) is 1. The van der Waals surface area contributed by atoms with E-state index >= 15 is 0 Å². The monoisotopic (exact) mass is 594 g/mol. The third kappa shape index (κ3) is 7.88. The second kappa shape index (κ2) is 14.8. The molecular weight excluding hydrogens is 560 g/mol. The van der Waals surface area contributed by atoms with Crippen molar-refractivity contribution in [3.05, 3.63) is 86.7 Å². The van der Waals surface area contributed by atoms with Crippen LogP contribution < -0.4 is 20.5 Å². The number of methoxy groups -OCH3 is 1. The van der Waals surface area contributed by atoms with Gasteiger partial charge in [0, 0.05) is 23.9 Å². The number of esters is 2. The van der Waals surface area contributed by atoms with Gasteiger partial charge in [0.15, 0.2) is 11.5 Å². The zero-order chi connectivity index (χ0) is 31.7. The first kappa shape index (κ1) is 32.6. The zero-order valence-electron chi connectivity index (χ0n) is 24.2. The number of non-ortho nitro benzene ring substituents is 1. The number of para-hydroxylation sites is 2. The molecule has 2 aromatic carbocycles. The van der Waals surface area contributed by atoms with Gasteiger partial charge in [-0.15, -0.1) is 0 Å². The molecule has 0 saturated heterocycles. The number of aliphatic hydroxyl groups is 1. The Kier molecular flexibility index (Phi) is 11.2. The van der Waals surface area contributed by atoms with Crippen LogP contribution in [0.2, 0.25) is 0 Å². The minimum absolute atomic E-state index is 0.0286. The fourth-order valence-corrected chi connectivity index (χ4v) is 4.45. The van der Waals surface area contributed by atoms with E-state index in [0.29, 0.717) is 11.5 Å². The molecule has 0 amide bonds. The summed E-state index contributed by atoms with van der Waals surface area (Å²) in [7, 11) is 1.12. The quantitative estimate of drug-likeness (QED) is 0.133. The van der Waals surface area contributed by atoms with Gasteiger partial charge in [-0.05, 0) is 30.5 Å². The summed E-state index contributed by atoms with van der Waals surface area (Å²) in [4.78, 5) is 37.0. The van der Waals surface area contributed by atoms with E-state index in [1.54, 1.807) is 24.3 Å². The van der Waals surface area contributed by atoms with Crippen molar-refractivity contribution in [2.75, 3.05) is 26.9 Å². The summed E-state index contributed by atoms with van der Waals surface area (Å²) >= 11 is 0. The van der Waals surface area contributed by atoms with Crippen LogP contribution in [0.15, 0.2) is 71.1 Å². The molecule has 3 unspecified atom stereocenters. The highest BCUT2D eigenvalue weighted by molar-refractivity contribution is 6.00. The number of nitro groups is 1. The molecule has 0 saturated carbocycles. The van der Waals surface area contributed by atoms with Crippen molar-refractivity contribution in [2.24, 2.45) is 11.7 Å². The van der Waals surface area contributed by atoms with Gasteiger partial charge in [0.25, 0.3) is 5.69 Å². The molecular formula is C30H34N4O9. The van der Waals surface area contributed by atoms with E-state index in [1.165, 1.54) is 31.2 Å². The summed E-state index contributed by atoms with van der Waals surface area (Å²) in [6.45, 7) is 4.98. The number of nitrogens with zero attached hydrogens (tertiary/aromatic N) is 2. The van der Waals surface area contributed by atoms with E-state index in [4.69, 9.17) is 24.7 Å². The normalized spacial score (nSPS) is 16.1. The third-order valence-corrected chi connectivity index (χ3v) is 6.76. The Bertz CT molecular complexity index is 1460. The first-order valence-corrected chi connectivity index (χ1v) is 13.4. The van der Waals surface area contributed by atoms with Crippen LogP contribution in [0, 0.1) is 27.4 Å². The van der Waals surface area contributed by atoms with Gasteiger partial charge >= 0.3 is 11.9 Å². The van der Waals surface area contributed by atoms with Gasteiger partial charge in [-0.2, -0.15) is 5.26 Å². The topological polar surface area (TPSA) is 196 Å². The molecule has 0 aromatic heterocycles. The van der Waals surface area contributed by atoms with Gasteiger partial charge in [-0.25, -0.2) is 9.59 Å². The molecule has 2 aromatic rings. The smallest absolute Gasteiger partial charge is 0.337 e. The molecule has 1 aliphatic rings. The Morgan fingerprint density at radius 1 is 1.09 bits per heavy atom. The number of rotatable bonds is 13. The maximum Gasteiger partial charge on any atom is 0.337 e. The zero-order valence-corrected chi connectivity index (χ0v) is 24.2. The molecule has 43 heavy (non-hydrogen) atoms. The number of benzene rings is 2. The Hall–Kier alpha value is -4.93. The molecule has 0 radical (unpaired) electrons. The Balaban J connectivity index is 1.77. The number of ether oxygens (including phenoxy) is 4. The Labute approximate surface area is 248 Å². The minimum Gasteiger partial charge on any atom is -0.487 e. The van der Waals surface area contributed by atoms with Crippen molar-refractivity contribution in [1.29, 1.82) is 5.26 Å². The maximum absolute atomic E-state index is 13.4. The van der Waals surface area contributed by atoms with E-state index in [0.717, 1.165) is 7.11 Å². The SMILES string of the molecule is COC(=O)C1=C(C#N)NC(C)=C(C(=O)OCCOc2ccccc2OCC(O)C(N)C(C)C)C1c1cccc([N+](=O)[O-])c1. The maximum atomic E-state index is 13.4. The highest BCUT2D eigenvalue weighted by Gasteiger charge is 2.39. The lowest BCUT2D eigenvalue weighted by atomic mass is 9.80. The van der Waals surface area contributed by atoms with Crippen LogP contribution >= 0.6 is 0 Å². The second-order valence-corrected chi connectivity index (χ2v) is 9.97. The van der Waals surface area contributed by atoms with E-state index in [9.17, 15) is 30.1 Å². The summed E-state index contributed by atoms with van der Waals surface area (Å²) in [6.07, 6.45) is -0.890. The third-order valence-electron chi connectivity index (χ3n) is 6.76. The summed E-state index contributed by atoms with van der Waals surface area (Å²) in [5.74, 6) is -2.14. The number of nitriles is 1. The number of hydrogen-bond donors (Lipinski definition) is 3. The van der Waals surface area contributed by atoms with E-state index in [1.807, 2.05) is 19.9 Å². The Morgan fingerprint density at radius 2 is 1.77 bits per heavy atom. The highest BCUT2D eigenvalue weighted by atomic mass is 16.6. The van der Waals surface area contributed by atoms with Crippen molar-refractivity contribution in [1.82, 2.24) is 5.32 Å². The number of hydrogen-bond acceptors (Lipinski definition) is 12. The van der Waals surface area contributed by atoms with E-state index < -0.39 is 34.9 Å². The van der Waals surface area contributed by atoms with Gasteiger partial charge in [0.05, 0.1) is 29.1 Å². The van der Waals surface area contributed by atoms with Crippen molar-refractivity contribution in [2.45, 2.75) is 38.8 Å². The molecule has 13 nitrogen and oxygen atoms in total. The molecule has 3 rings (SSSR count). The van der Waals surface area contributed by atoms with Gasteiger partial charge in [0.2, 0.25) is 0 Å².